The monoisotopic (exact) mass is 342 g/mol. The molecule has 1 N–H and O–H groups in total. The summed E-state index contributed by atoms with van der Waals surface area (Å²) in [6.07, 6.45) is 8.29. The molecule has 1 aromatic heterocycles. The van der Waals surface area contributed by atoms with Gasteiger partial charge in [0.25, 0.3) is 0 Å². The van der Waals surface area contributed by atoms with E-state index >= 15 is 0 Å². The molecule has 4 nitrogen and oxygen atoms in total. The fourth-order valence-corrected chi connectivity index (χ4v) is 3.63. The summed E-state index contributed by atoms with van der Waals surface area (Å²) in [6, 6.07) is 8.05. The Morgan fingerprint density at radius 1 is 1.04 bits per heavy atom. The molecule has 1 fully saturated rings. The van der Waals surface area contributed by atoms with Crippen molar-refractivity contribution in [2.75, 3.05) is 13.1 Å². The number of halogens is 1. The minimum atomic E-state index is 0.782. The Morgan fingerprint density at radius 3 is 2.62 bits per heavy atom. The largest absolute Gasteiger partial charge is 0.367 e. The van der Waals surface area contributed by atoms with Crippen LogP contribution in [0.5, 0.6) is 0 Å². The van der Waals surface area contributed by atoms with Gasteiger partial charge in [-0.2, -0.15) is 0 Å². The molecule has 0 radical (unpaired) electrons. The lowest BCUT2D eigenvalue weighted by Gasteiger charge is -2.25. The van der Waals surface area contributed by atoms with E-state index in [2.05, 4.69) is 39.2 Å². The first-order valence-corrected chi connectivity index (χ1v) is 9.11. The van der Waals surface area contributed by atoms with Crippen LogP contribution in [0.3, 0.4) is 0 Å². The van der Waals surface area contributed by atoms with E-state index in [1.54, 1.807) is 0 Å². The van der Waals surface area contributed by atoms with Gasteiger partial charge in [0.05, 0.1) is 24.5 Å². The molecule has 0 aliphatic carbocycles. The van der Waals surface area contributed by atoms with E-state index in [0.29, 0.717) is 0 Å². The molecule has 0 atom stereocenters. The molecule has 1 saturated heterocycles. The Labute approximate surface area is 148 Å². The number of hydrogen-bond donors (Lipinski definition) is 1. The molecule has 0 bridgehead atoms. The Bertz CT molecular complexity index is 713. The third-order valence-corrected chi connectivity index (χ3v) is 5.04. The van der Waals surface area contributed by atoms with Gasteiger partial charge in [-0.15, -0.1) is 0 Å². The van der Waals surface area contributed by atoms with E-state index < -0.39 is 0 Å². The second kappa shape index (κ2) is 6.99. The Hall–Kier alpha value is -1.78. The Balaban J connectivity index is 1.40. The van der Waals surface area contributed by atoms with Crippen molar-refractivity contribution in [3.05, 3.63) is 58.3 Å². The van der Waals surface area contributed by atoms with Gasteiger partial charge in [0.15, 0.2) is 0 Å². The number of aromatic amines is 1. The molecule has 3 heterocycles. The molecule has 0 spiro atoms. The van der Waals surface area contributed by atoms with Gasteiger partial charge in [-0.1, -0.05) is 30.2 Å². The molecule has 5 heteroatoms. The summed E-state index contributed by atoms with van der Waals surface area (Å²) in [4.78, 5) is 13.1. The molecule has 2 aliphatic rings. The van der Waals surface area contributed by atoms with Crippen LogP contribution in [0.4, 0.5) is 0 Å². The zero-order valence-electron chi connectivity index (χ0n) is 13.8. The fourth-order valence-electron chi connectivity index (χ4n) is 3.50. The van der Waals surface area contributed by atoms with E-state index in [0.717, 1.165) is 41.9 Å². The second-order valence-electron chi connectivity index (χ2n) is 6.73. The standard InChI is InChI=1S/C19H23ClN4/c20-16-6-4-15(5-7-16)12-24-11-8-17-18(13-24)22-19(21-17)14-23-9-2-1-3-10-23/h4-8,11H,1-3,9-10,12-14H2,(H,21,22). The maximum Gasteiger partial charge on any atom is 0.121 e. The van der Waals surface area contributed by atoms with E-state index in [1.807, 2.05) is 12.1 Å². The summed E-state index contributed by atoms with van der Waals surface area (Å²) in [5.41, 5.74) is 3.57. The van der Waals surface area contributed by atoms with Crippen LogP contribution in [-0.2, 0) is 19.6 Å². The highest BCUT2D eigenvalue weighted by Gasteiger charge is 2.18. The molecule has 4 rings (SSSR count). The van der Waals surface area contributed by atoms with Crippen molar-refractivity contribution >= 4 is 17.7 Å². The highest BCUT2D eigenvalue weighted by molar-refractivity contribution is 6.30. The lowest BCUT2D eigenvalue weighted by atomic mass is 10.1. The third-order valence-electron chi connectivity index (χ3n) is 4.79. The first-order valence-electron chi connectivity index (χ1n) is 8.73. The van der Waals surface area contributed by atoms with Crippen molar-refractivity contribution in [2.45, 2.75) is 38.9 Å². The number of nitrogens with zero attached hydrogens (tertiary/aromatic N) is 3. The van der Waals surface area contributed by atoms with Crippen LogP contribution >= 0.6 is 11.6 Å². The molecule has 24 heavy (non-hydrogen) atoms. The summed E-state index contributed by atoms with van der Waals surface area (Å²) >= 11 is 5.96. The number of likely N-dealkylation sites (tertiary alicyclic amines) is 1. The second-order valence-corrected chi connectivity index (χ2v) is 7.16. The first-order chi connectivity index (χ1) is 11.8. The summed E-state index contributed by atoms with van der Waals surface area (Å²) in [5, 5.41) is 0.782. The van der Waals surface area contributed by atoms with Crippen LogP contribution in [0, 0.1) is 0 Å². The van der Waals surface area contributed by atoms with Crippen LogP contribution in [0.2, 0.25) is 5.02 Å². The number of hydrogen-bond acceptors (Lipinski definition) is 3. The zero-order chi connectivity index (χ0) is 16.4. The van der Waals surface area contributed by atoms with Crippen molar-refractivity contribution in [1.82, 2.24) is 19.8 Å². The highest BCUT2D eigenvalue weighted by atomic mass is 35.5. The average Bonchev–Trinajstić information content (AvgIpc) is 2.99. The lowest BCUT2D eigenvalue weighted by molar-refractivity contribution is 0.216. The fraction of sp³-hybridized carbons (Fsp3) is 0.421. The van der Waals surface area contributed by atoms with Crippen LogP contribution in [0.25, 0.3) is 6.08 Å². The predicted molar refractivity (Wildman–Crippen MR) is 97.4 cm³/mol. The molecule has 0 amide bonds. The van der Waals surface area contributed by atoms with Gasteiger partial charge >= 0.3 is 0 Å². The number of imidazole rings is 1. The number of piperidine rings is 1. The number of nitrogens with one attached hydrogen (secondary N) is 1. The molecule has 0 unspecified atom stereocenters. The number of aromatic nitrogens is 2. The molecular formula is C19H23ClN4. The minimum Gasteiger partial charge on any atom is -0.367 e. The first kappa shape index (κ1) is 15.7. The van der Waals surface area contributed by atoms with Crippen molar-refractivity contribution in [3.63, 3.8) is 0 Å². The number of H-pyrrole nitrogens is 1. The van der Waals surface area contributed by atoms with Crippen molar-refractivity contribution in [3.8, 4) is 0 Å². The molecule has 2 aliphatic heterocycles. The van der Waals surface area contributed by atoms with Gasteiger partial charge in [0.2, 0.25) is 0 Å². The number of benzene rings is 1. The van der Waals surface area contributed by atoms with Crippen LogP contribution in [0.1, 0.15) is 42.0 Å². The Morgan fingerprint density at radius 2 is 1.83 bits per heavy atom. The SMILES string of the molecule is Clc1ccc(CN2C=Cc3[nH]c(CN4CCCCC4)nc3C2)cc1. The molecular weight excluding hydrogens is 320 g/mol. The topological polar surface area (TPSA) is 35.2 Å². The summed E-state index contributed by atoms with van der Waals surface area (Å²) in [5.74, 6) is 1.10. The van der Waals surface area contributed by atoms with Gasteiger partial charge < -0.3 is 9.88 Å². The third kappa shape index (κ3) is 3.65. The molecule has 2 aromatic rings. The molecule has 0 saturated carbocycles. The van der Waals surface area contributed by atoms with E-state index in [9.17, 15) is 0 Å². The van der Waals surface area contributed by atoms with Crippen LogP contribution in [-0.4, -0.2) is 32.9 Å². The van der Waals surface area contributed by atoms with E-state index in [-0.39, 0.29) is 0 Å². The van der Waals surface area contributed by atoms with Gasteiger partial charge in [-0.05, 0) is 49.7 Å². The maximum absolute atomic E-state index is 5.96. The molecule has 1 aromatic carbocycles. The smallest absolute Gasteiger partial charge is 0.121 e. The normalized spacial score (nSPS) is 18.0. The quantitative estimate of drug-likeness (QED) is 0.910. The summed E-state index contributed by atoms with van der Waals surface area (Å²) in [7, 11) is 0. The van der Waals surface area contributed by atoms with E-state index in [4.69, 9.17) is 16.6 Å². The van der Waals surface area contributed by atoms with E-state index in [1.165, 1.54) is 37.9 Å². The van der Waals surface area contributed by atoms with Gasteiger partial charge in [-0.25, -0.2) is 4.98 Å². The van der Waals surface area contributed by atoms with Crippen molar-refractivity contribution in [2.24, 2.45) is 0 Å². The van der Waals surface area contributed by atoms with Crippen molar-refractivity contribution < 1.29 is 0 Å². The zero-order valence-corrected chi connectivity index (χ0v) is 14.6. The number of fused-ring (bicyclic) bond motifs is 1. The lowest BCUT2D eigenvalue weighted by Crippen LogP contribution is -2.29. The molecule has 126 valence electrons. The maximum atomic E-state index is 5.96. The summed E-state index contributed by atoms with van der Waals surface area (Å²) < 4.78 is 0. The minimum absolute atomic E-state index is 0.782. The predicted octanol–water partition coefficient (Wildman–Crippen LogP) is 4.04. The van der Waals surface area contributed by atoms with Crippen LogP contribution in [0.15, 0.2) is 30.5 Å². The summed E-state index contributed by atoms with van der Waals surface area (Å²) in [6.45, 7) is 5.07. The van der Waals surface area contributed by atoms with Crippen molar-refractivity contribution in [1.29, 1.82) is 0 Å². The van der Waals surface area contributed by atoms with Gasteiger partial charge in [0.1, 0.15) is 5.82 Å². The number of rotatable bonds is 4. The van der Waals surface area contributed by atoms with Gasteiger partial charge in [0, 0.05) is 17.8 Å². The average molecular weight is 343 g/mol. The van der Waals surface area contributed by atoms with Crippen LogP contribution < -0.4 is 0 Å². The highest BCUT2D eigenvalue weighted by Crippen LogP contribution is 2.21. The van der Waals surface area contributed by atoms with Gasteiger partial charge in [-0.3, -0.25) is 4.90 Å². The Kier molecular flexibility index (Phi) is 4.58.